The Labute approximate surface area is 162 Å². The standard InChI is InChI=1S/C19H17N5O3S/c25-19-10-13-9-16(5-6-17(13)23-19)28(26,27)24-15-4-7-18(22-12-15)21-11-14-3-1-2-8-20-14/h1-9,12,24H,10-11H2,(H,21,22)(H,23,25). The SMILES string of the molecule is O=C1Cc2cc(S(=O)(=O)Nc3ccc(NCc4ccccn4)nc3)ccc2N1. The van der Waals surface area contributed by atoms with Gasteiger partial charge in [0.1, 0.15) is 5.82 Å². The quantitative estimate of drug-likeness (QED) is 0.591. The van der Waals surface area contributed by atoms with Crippen molar-refractivity contribution >= 4 is 33.1 Å². The molecule has 4 rings (SSSR count). The van der Waals surface area contributed by atoms with Crippen molar-refractivity contribution in [2.24, 2.45) is 0 Å². The number of hydrogen-bond acceptors (Lipinski definition) is 6. The highest BCUT2D eigenvalue weighted by molar-refractivity contribution is 7.92. The summed E-state index contributed by atoms with van der Waals surface area (Å²) in [4.78, 5) is 20.0. The average molecular weight is 395 g/mol. The van der Waals surface area contributed by atoms with E-state index in [1.807, 2.05) is 18.2 Å². The van der Waals surface area contributed by atoms with Gasteiger partial charge in [0.25, 0.3) is 10.0 Å². The number of carbonyl (C=O) groups excluding carboxylic acids is 1. The maximum Gasteiger partial charge on any atom is 0.261 e. The van der Waals surface area contributed by atoms with Crippen molar-refractivity contribution in [2.45, 2.75) is 17.9 Å². The second-order valence-corrected chi connectivity index (χ2v) is 7.94. The third kappa shape index (κ3) is 3.94. The second-order valence-electron chi connectivity index (χ2n) is 6.26. The molecule has 142 valence electrons. The van der Waals surface area contributed by atoms with Gasteiger partial charge in [-0.3, -0.25) is 14.5 Å². The van der Waals surface area contributed by atoms with Gasteiger partial charge in [-0.15, -0.1) is 0 Å². The van der Waals surface area contributed by atoms with Crippen LogP contribution in [0.3, 0.4) is 0 Å². The van der Waals surface area contributed by atoms with Gasteiger partial charge in [-0.2, -0.15) is 0 Å². The van der Waals surface area contributed by atoms with Crippen molar-refractivity contribution in [1.82, 2.24) is 9.97 Å². The predicted molar refractivity (Wildman–Crippen MR) is 105 cm³/mol. The lowest BCUT2D eigenvalue weighted by Gasteiger charge is -2.10. The fourth-order valence-corrected chi connectivity index (χ4v) is 3.92. The van der Waals surface area contributed by atoms with E-state index in [0.717, 1.165) is 5.69 Å². The summed E-state index contributed by atoms with van der Waals surface area (Å²) in [6.45, 7) is 0.515. The smallest absolute Gasteiger partial charge is 0.261 e. The lowest BCUT2D eigenvalue weighted by Crippen LogP contribution is -2.13. The molecule has 0 saturated heterocycles. The molecule has 28 heavy (non-hydrogen) atoms. The lowest BCUT2D eigenvalue weighted by molar-refractivity contribution is -0.115. The third-order valence-electron chi connectivity index (χ3n) is 4.20. The molecule has 9 heteroatoms. The molecule has 3 N–H and O–H groups in total. The molecule has 0 radical (unpaired) electrons. The normalized spacial score (nSPS) is 12.9. The predicted octanol–water partition coefficient (Wildman–Crippen LogP) is 2.38. The van der Waals surface area contributed by atoms with Gasteiger partial charge in [0, 0.05) is 11.9 Å². The Kier molecular flexibility index (Phi) is 4.66. The highest BCUT2D eigenvalue weighted by atomic mass is 32.2. The van der Waals surface area contributed by atoms with Crippen LogP contribution in [-0.2, 0) is 27.8 Å². The van der Waals surface area contributed by atoms with E-state index < -0.39 is 10.0 Å². The number of nitrogens with one attached hydrogen (secondary N) is 3. The highest BCUT2D eigenvalue weighted by Gasteiger charge is 2.22. The summed E-state index contributed by atoms with van der Waals surface area (Å²) in [6.07, 6.45) is 3.33. The van der Waals surface area contributed by atoms with Crippen LogP contribution < -0.4 is 15.4 Å². The van der Waals surface area contributed by atoms with Crippen LogP contribution in [0.4, 0.5) is 17.2 Å². The highest BCUT2D eigenvalue weighted by Crippen LogP contribution is 2.26. The van der Waals surface area contributed by atoms with Gasteiger partial charge in [0.15, 0.2) is 0 Å². The van der Waals surface area contributed by atoms with Crippen LogP contribution in [0, 0.1) is 0 Å². The van der Waals surface area contributed by atoms with Gasteiger partial charge in [-0.1, -0.05) is 6.07 Å². The van der Waals surface area contributed by atoms with Gasteiger partial charge in [0.05, 0.1) is 35.4 Å². The monoisotopic (exact) mass is 395 g/mol. The number of hydrogen-bond donors (Lipinski definition) is 3. The summed E-state index contributed by atoms with van der Waals surface area (Å²) in [5, 5.41) is 5.81. The van der Waals surface area contributed by atoms with Gasteiger partial charge in [0.2, 0.25) is 5.91 Å². The van der Waals surface area contributed by atoms with Crippen LogP contribution in [0.15, 0.2) is 65.8 Å². The Morgan fingerprint density at radius 2 is 1.96 bits per heavy atom. The molecule has 0 bridgehead atoms. The first kappa shape index (κ1) is 17.9. The summed E-state index contributed by atoms with van der Waals surface area (Å²) >= 11 is 0. The van der Waals surface area contributed by atoms with Gasteiger partial charge >= 0.3 is 0 Å². The van der Waals surface area contributed by atoms with Crippen molar-refractivity contribution in [3.63, 3.8) is 0 Å². The second kappa shape index (κ2) is 7.28. The summed E-state index contributed by atoms with van der Waals surface area (Å²) < 4.78 is 27.7. The molecule has 2 aromatic heterocycles. The number of pyridine rings is 2. The molecule has 1 aromatic carbocycles. The summed E-state index contributed by atoms with van der Waals surface area (Å²) in [5.74, 6) is 0.464. The molecule has 0 spiro atoms. The van der Waals surface area contributed by atoms with Crippen molar-refractivity contribution in [3.05, 3.63) is 72.2 Å². The number of benzene rings is 1. The number of amides is 1. The molecule has 0 atom stereocenters. The van der Waals surface area contributed by atoms with Crippen LogP contribution in [0.5, 0.6) is 0 Å². The molecular weight excluding hydrogens is 378 g/mol. The fraction of sp³-hybridized carbons (Fsp3) is 0.105. The van der Waals surface area contributed by atoms with Crippen LogP contribution >= 0.6 is 0 Å². The fourth-order valence-electron chi connectivity index (χ4n) is 2.83. The number of sulfonamides is 1. The number of fused-ring (bicyclic) bond motifs is 1. The Morgan fingerprint density at radius 3 is 2.71 bits per heavy atom. The largest absolute Gasteiger partial charge is 0.364 e. The van der Waals surface area contributed by atoms with Crippen molar-refractivity contribution in [3.8, 4) is 0 Å². The Morgan fingerprint density at radius 1 is 1.07 bits per heavy atom. The Hall–Kier alpha value is -3.46. The van der Waals surface area contributed by atoms with Crippen molar-refractivity contribution < 1.29 is 13.2 Å². The van der Waals surface area contributed by atoms with E-state index in [0.29, 0.717) is 29.3 Å². The Bertz CT molecular complexity index is 1120. The molecule has 3 aromatic rings. The summed E-state index contributed by atoms with van der Waals surface area (Å²) in [6, 6.07) is 13.5. The van der Waals surface area contributed by atoms with Crippen LogP contribution in [0.25, 0.3) is 0 Å². The van der Waals surface area contributed by atoms with Gasteiger partial charge < -0.3 is 10.6 Å². The first-order chi connectivity index (χ1) is 13.5. The van der Waals surface area contributed by atoms with E-state index in [1.54, 1.807) is 24.4 Å². The van der Waals surface area contributed by atoms with Crippen LogP contribution in [0.1, 0.15) is 11.3 Å². The molecule has 0 aliphatic carbocycles. The van der Waals surface area contributed by atoms with Crippen LogP contribution in [-0.4, -0.2) is 24.3 Å². The maximum atomic E-state index is 12.6. The first-order valence-corrected chi connectivity index (χ1v) is 10.0. The molecule has 1 amide bonds. The van der Waals surface area contributed by atoms with E-state index >= 15 is 0 Å². The Balaban J connectivity index is 1.43. The molecule has 0 unspecified atom stereocenters. The van der Waals surface area contributed by atoms with Crippen molar-refractivity contribution in [1.29, 1.82) is 0 Å². The minimum Gasteiger partial charge on any atom is -0.364 e. The molecule has 0 saturated carbocycles. The number of rotatable bonds is 6. The zero-order valence-electron chi connectivity index (χ0n) is 14.7. The first-order valence-electron chi connectivity index (χ1n) is 8.55. The molecule has 0 fully saturated rings. The number of nitrogens with zero attached hydrogens (tertiary/aromatic N) is 2. The molecular formula is C19H17N5O3S. The topological polar surface area (TPSA) is 113 Å². The van der Waals surface area contributed by atoms with E-state index in [2.05, 4.69) is 25.3 Å². The molecule has 1 aliphatic rings. The average Bonchev–Trinajstić information content (AvgIpc) is 3.07. The van der Waals surface area contributed by atoms with Crippen molar-refractivity contribution in [2.75, 3.05) is 15.4 Å². The summed E-state index contributed by atoms with van der Waals surface area (Å²) in [5.41, 5.74) is 2.53. The minimum atomic E-state index is -3.78. The number of anilines is 3. The number of aromatic nitrogens is 2. The number of carbonyl (C=O) groups is 1. The van der Waals surface area contributed by atoms with Gasteiger partial charge in [-0.25, -0.2) is 13.4 Å². The lowest BCUT2D eigenvalue weighted by atomic mass is 10.2. The van der Waals surface area contributed by atoms with Crippen LogP contribution in [0.2, 0.25) is 0 Å². The molecule has 1 aliphatic heterocycles. The molecule has 8 nitrogen and oxygen atoms in total. The van der Waals surface area contributed by atoms with E-state index in [1.165, 1.54) is 18.3 Å². The zero-order chi connectivity index (χ0) is 19.6. The molecule has 3 heterocycles. The van der Waals surface area contributed by atoms with Gasteiger partial charge in [-0.05, 0) is 48.0 Å². The summed E-state index contributed by atoms with van der Waals surface area (Å²) in [7, 11) is -3.78. The maximum absolute atomic E-state index is 12.6. The zero-order valence-corrected chi connectivity index (χ0v) is 15.5. The van der Waals surface area contributed by atoms with E-state index in [9.17, 15) is 13.2 Å². The minimum absolute atomic E-state index is 0.0973. The van der Waals surface area contributed by atoms with E-state index in [-0.39, 0.29) is 17.2 Å². The third-order valence-corrected chi connectivity index (χ3v) is 5.58. The van der Waals surface area contributed by atoms with E-state index in [4.69, 9.17) is 0 Å².